The van der Waals surface area contributed by atoms with E-state index in [1.807, 2.05) is 55.5 Å². The molecule has 0 amide bonds. The molecule has 0 spiro atoms. The highest BCUT2D eigenvalue weighted by molar-refractivity contribution is 9.10. The van der Waals surface area contributed by atoms with Gasteiger partial charge in [0.2, 0.25) is 0 Å². The van der Waals surface area contributed by atoms with Crippen LogP contribution >= 0.6 is 39.1 Å². The molecule has 3 aromatic carbocycles. The van der Waals surface area contributed by atoms with E-state index in [0.29, 0.717) is 41.3 Å². The Morgan fingerprint density at radius 1 is 0.893 bits per heavy atom. The van der Waals surface area contributed by atoms with Crippen molar-refractivity contribution in [2.45, 2.75) is 20.1 Å². The SMILES string of the molecule is CCOc1cc(CNc2ccc(Cl)c(Cl)c2)c(Br)cc1OCc1ccccc1. The molecule has 0 bridgehead atoms. The number of halogens is 3. The number of nitrogens with one attached hydrogen (secondary N) is 1. The van der Waals surface area contributed by atoms with Gasteiger partial charge in [0.05, 0.1) is 16.7 Å². The summed E-state index contributed by atoms with van der Waals surface area (Å²) in [5, 5.41) is 4.40. The van der Waals surface area contributed by atoms with Crippen molar-refractivity contribution < 1.29 is 9.47 Å². The van der Waals surface area contributed by atoms with Gasteiger partial charge < -0.3 is 14.8 Å². The second-order valence-corrected chi connectivity index (χ2v) is 7.75. The van der Waals surface area contributed by atoms with Crippen LogP contribution in [0.15, 0.2) is 65.1 Å². The lowest BCUT2D eigenvalue weighted by molar-refractivity contribution is 0.269. The van der Waals surface area contributed by atoms with Gasteiger partial charge in [-0.1, -0.05) is 69.5 Å². The maximum atomic E-state index is 6.08. The van der Waals surface area contributed by atoms with Crippen molar-refractivity contribution >= 4 is 44.8 Å². The first-order valence-corrected chi connectivity index (χ1v) is 10.4. The molecule has 0 saturated carbocycles. The molecule has 0 heterocycles. The van der Waals surface area contributed by atoms with Crippen LogP contribution in [0.25, 0.3) is 0 Å². The Bertz CT molecular complexity index is 935. The van der Waals surface area contributed by atoms with Gasteiger partial charge in [-0.15, -0.1) is 0 Å². The molecule has 0 aromatic heterocycles. The third kappa shape index (κ3) is 5.57. The molecule has 1 N–H and O–H groups in total. The Hall–Kier alpha value is -1.88. The molecule has 0 aliphatic rings. The van der Waals surface area contributed by atoms with Gasteiger partial charge in [0.25, 0.3) is 0 Å². The average molecular weight is 481 g/mol. The largest absolute Gasteiger partial charge is 0.490 e. The second kappa shape index (κ2) is 10.1. The van der Waals surface area contributed by atoms with Gasteiger partial charge in [0, 0.05) is 16.7 Å². The first-order valence-electron chi connectivity index (χ1n) is 8.87. The summed E-state index contributed by atoms with van der Waals surface area (Å²) >= 11 is 15.7. The summed E-state index contributed by atoms with van der Waals surface area (Å²) < 4.78 is 12.7. The van der Waals surface area contributed by atoms with Gasteiger partial charge in [0.15, 0.2) is 11.5 Å². The Kier molecular flexibility index (Phi) is 7.49. The molecule has 0 saturated heterocycles. The quantitative estimate of drug-likeness (QED) is 0.365. The lowest BCUT2D eigenvalue weighted by Gasteiger charge is -2.16. The average Bonchev–Trinajstić information content (AvgIpc) is 2.70. The molecule has 3 nitrogen and oxygen atoms in total. The van der Waals surface area contributed by atoms with E-state index < -0.39 is 0 Å². The molecule has 0 aliphatic carbocycles. The topological polar surface area (TPSA) is 30.5 Å². The van der Waals surface area contributed by atoms with Crippen LogP contribution in [0.1, 0.15) is 18.1 Å². The normalized spacial score (nSPS) is 10.6. The van der Waals surface area contributed by atoms with Crippen molar-refractivity contribution in [1.29, 1.82) is 0 Å². The molecular formula is C22H20BrCl2NO2. The first kappa shape index (κ1) is 20.8. The standard InChI is InChI=1S/C22H20BrCl2NO2/c1-2-27-21-10-16(13-26-17-8-9-19(24)20(25)11-17)18(23)12-22(21)28-14-15-6-4-3-5-7-15/h3-12,26H,2,13-14H2,1H3. The Balaban J connectivity index is 1.74. The molecule has 146 valence electrons. The van der Waals surface area contributed by atoms with E-state index in [1.54, 1.807) is 12.1 Å². The maximum Gasteiger partial charge on any atom is 0.162 e. The van der Waals surface area contributed by atoms with Crippen molar-refractivity contribution in [2.24, 2.45) is 0 Å². The summed E-state index contributed by atoms with van der Waals surface area (Å²) in [5.41, 5.74) is 3.04. The summed E-state index contributed by atoms with van der Waals surface area (Å²) in [4.78, 5) is 0. The summed E-state index contributed by atoms with van der Waals surface area (Å²) in [5.74, 6) is 1.42. The van der Waals surface area contributed by atoms with E-state index in [0.717, 1.165) is 21.3 Å². The Morgan fingerprint density at radius 3 is 2.36 bits per heavy atom. The van der Waals surface area contributed by atoms with Crippen LogP contribution in [-0.4, -0.2) is 6.61 Å². The zero-order chi connectivity index (χ0) is 19.9. The summed E-state index contributed by atoms with van der Waals surface area (Å²) in [6, 6.07) is 19.4. The number of rotatable bonds is 8. The van der Waals surface area contributed by atoms with E-state index in [2.05, 4.69) is 21.2 Å². The highest BCUT2D eigenvalue weighted by Gasteiger charge is 2.12. The number of hydrogen-bond acceptors (Lipinski definition) is 3. The van der Waals surface area contributed by atoms with E-state index in [-0.39, 0.29) is 0 Å². The Labute approximate surface area is 183 Å². The van der Waals surface area contributed by atoms with Gasteiger partial charge >= 0.3 is 0 Å². The molecule has 3 aromatic rings. The number of benzene rings is 3. The zero-order valence-corrected chi connectivity index (χ0v) is 18.4. The smallest absolute Gasteiger partial charge is 0.162 e. The van der Waals surface area contributed by atoms with Crippen LogP contribution in [0.5, 0.6) is 11.5 Å². The lowest BCUT2D eigenvalue weighted by atomic mass is 10.2. The van der Waals surface area contributed by atoms with Crippen LogP contribution in [-0.2, 0) is 13.2 Å². The molecule has 3 rings (SSSR count). The van der Waals surface area contributed by atoms with Crippen LogP contribution in [0, 0.1) is 0 Å². The highest BCUT2D eigenvalue weighted by Crippen LogP contribution is 2.35. The molecular weight excluding hydrogens is 461 g/mol. The molecule has 0 unspecified atom stereocenters. The van der Waals surface area contributed by atoms with Gasteiger partial charge in [-0.25, -0.2) is 0 Å². The molecule has 6 heteroatoms. The molecule has 28 heavy (non-hydrogen) atoms. The van der Waals surface area contributed by atoms with Gasteiger partial charge in [-0.05, 0) is 48.4 Å². The Morgan fingerprint density at radius 2 is 1.64 bits per heavy atom. The number of hydrogen-bond donors (Lipinski definition) is 1. The van der Waals surface area contributed by atoms with Crippen LogP contribution in [0.2, 0.25) is 10.0 Å². The third-order valence-corrected chi connectivity index (χ3v) is 5.53. The van der Waals surface area contributed by atoms with E-state index in [1.165, 1.54) is 0 Å². The zero-order valence-electron chi connectivity index (χ0n) is 15.3. The predicted molar refractivity (Wildman–Crippen MR) is 120 cm³/mol. The van der Waals surface area contributed by atoms with Crippen LogP contribution in [0.4, 0.5) is 5.69 Å². The van der Waals surface area contributed by atoms with Crippen LogP contribution in [0.3, 0.4) is 0 Å². The minimum absolute atomic E-state index is 0.480. The molecule has 0 aliphatic heterocycles. The summed E-state index contributed by atoms with van der Waals surface area (Å²) in [6.07, 6.45) is 0. The minimum Gasteiger partial charge on any atom is -0.490 e. The summed E-state index contributed by atoms with van der Waals surface area (Å²) in [7, 11) is 0. The van der Waals surface area contributed by atoms with E-state index >= 15 is 0 Å². The molecule has 0 radical (unpaired) electrons. The fourth-order valence-electron chi connectivity index (χ4n) is 2.63. The van der Waals surface area contributed by atoms with Crippen molar-refractivity contribution in [1.82, 2.24) is 0 Å². The van der Waals surface area contributed by atoms with Gasteiger partial charge in [0.1, 0.15) is 6.61 Å². The fraction of sp³-hybridized carbons (Fsp3) is 0.182. The van der Waals surface area contributed by atoms with Crippen molar-refractivity contribution in [3.05, 3.63) is 86.3 Å². The van der Waals surface area contributed by atoms with Crippen molar-refractivity contribution in [3.8, 4) is 11.5 Å². The second-order valence-electron chi connectivity index (χ2n) is 6.08. The maximum absolute atomic E-state index is 6.08. The minimum atomic E-state index is 0.480. The van der Waals surface area contributed by atoms with Crippen LogP contribution < -0.4 is 14.8 Å². The van der Waals surface area contributed by atoms with E-state index in [9.17, 15) is 0 Å². The third-order valence-electron chi connectivity index (χ3n) is 4.05. The first-order chi connectivity index (χ1) is 13.6. The van der Waals surface area contributed by atoms with Gasteiger partial charge in [-0.2, -0.15) is 0 Å². The van der Waals surface area contributed by atoms with Crippen molar-refractivity contribution in [2.75, 3.05) is 11.9 Å². The number of anilines is 1. The fourth-order valence-corrected chi connectivity index (χ4v) is 3.39. The summed E-state index contributed by atoms with van der Waals surface area (Å²) in [6.45, 7) is 3.59. The highest BCUT2D eigenvalue weighted by atomic mass is 79.9. The van der Waals surface area contributed by atoms with Gasteiger partial charge in [-0.3, -0.25) is 0 Å². The predicted octanol–water partition coefficient (Wildman–Crippen LogP) is 7.35. The lowest BCUT2D eigenvalue weighted by Crippen LogP contribution is -2.04. The van der Waals surface area contributed by atoms with E-state index in [4.69, 9.17) is 32.7 Å². The molecule has 0 fully saturated rings. The molecule has 0 atom stereocenters. The monoisotopic (exact) mass is 479 g/mol. The number of ether oxygens (including phenoxy) is 2. The van der Waals surface area contributed by atoms with Crippen molar-refractivity contribution in [3.63, 3.8) is 0 Å².